The van der Waals surface area contributed by atoms with Crippen LogP contribution in [0.1, 0.15) is 36.7 Å². The lowest BCUT2D eigenvalue weighted by Crippen LogP contribution is -2.24. The molecule has 0 aliphatic heterocycles. The van der Waals surface area contributed by atoms with Crippen molar-refractivity contribution in [2.24, 2.45) is 0 Å². The van der Waals surface area contributed by atoms with Gasteiger partial charge < -0.3 is 4.74 Å². The zero-order chi connectivity index (χ0) is 12.3. The summed E-state index contributed by atoms with van der Waals surface area (Å²) >= 11 is 2.12. The van der Waals surface area contributed by atoms with E-state index in [0.29, 0.717) is 5.56 Å². The van der Waals surface area contributed by atoms with Gasteiger partial charge in [0.25, 0.3) is 0 Å². The molecule has 0 amide bonds. The van der Waals surface area contributed by atoms with Crippen molar-refractivity contribution in [2.45, 2.75) is 26.4 Å². The molecule has 86 valence electrons. The molecule has 0 spiro atoms. The predicted molar refractivity (Wildman–Crippen MR) is 74.4 cm³/mol. The number of esters is 1. The van der Waals surface area contributed by atoms with Crippen molar-refractivity contribution in [3.63, 3.8) is 0 Å². The molecule has 0 aromatic heterocycles. The summed E-state index contributed by atoms with van der Waals surface area (Å²) in [6.07, 6.45) is 1.71. The molecule has 0 heterocycles. The maximum absolute atomic E-state index is 11.9. The van der Waals surface area contributed by atoms with Crippen LogP contribution in [0.2, 0.25) is 0 Å². The first-order valence-corrected chi connectivity index (χ1v) is 6.07. The average Bonchev–Trinajstić information content (AvgIpc) is 2.15. The first-order valence-electron chi connectivity index (χ1n) is 4.99. The highest BCUT2D eigenvalue weighted by Crippen LogP contribution is 2.19. The summed E-state index contributed by atoms with van der Waals surface area (Å²) in [4.78, 5) is 11.9. The van der Waals surface area contributed by atoms with Gasteiger partial charge >= 0.3 is 5.97 Å². The first kappa shape index (κ1) is 13.2. The Morgan fingerprint density at radius 3 is 2.56 bits per heavy atom. The van der Waals surface area contributed by atoms with Crippen LogP contribution >= 0.6 is 22.6 Å². The van der Waals surface area contributed by atoms with Crippen LogP contribution in [0.3, 0.4) is 0 Å². The second kappa shape index (κ2) is 4.99. The lowest BCUT2D eigenvalue weighted by molar-refractivity contribution is 0.00683. The van der Waals surface area contributed by atoms with E-state index >= 15 is 0 Å². The number of halogens is 1. The van der Waals surface area contributed by atoms with Gasteiger partial charge in [-0.2, -0.15) is 0 Å². The number of carbonyl (C=O) groups excluding carboxylic acids is 1. The molecular formula is C13H15IO2. The standard InChI is InChI=1S/C13H15IO2/c1-5-9-6-7-11(14)10(8-9)12(15)16-13(2,3)4/h5-8H,1H2,2-4H3. The van der Waals surface area contributed by atoms with E-state index in [9.17, 15) is 4.79 Å². The minimum atomic E-state index is -0.468. The Hall–Kier alpha value is -0.840. The van der Waals surface area contributed by atoms with E-state index in [4.69, 9.17) is 4.74 Å². The minimum Gasteiger partial charge on any atom is -0.456 e. The molecule has 16 heavy (non-hydrogen) atoms. The molecular weight excluding hydrogens is 315 g/mol. The van der Waals surface area contributed by atoms with Crippen molar-refractivity contribution < 1.29 is 9.53 Å². The molecule has 1 rings (SSSR count). The maximum Gasteiger partial charge on any atom is 0.339 e. The van der Waals surface area contributed by atoms with E-state index in [-0.39, 0.29) is 5.97 Å². The monoisotopic (exact) mass is 330 g/mol. The minimum absolute atomic E-state index is 0.291. The number of ether oxygens (including phenoxy) is 1. The second-order valence-corrected chi connectivity index (χ2v) is 5.61. The van der Waals surface area contributed by atoms with Gasteiger partial charge in [0, 0.05) is 3.57 Å². The van der Waals surface area contributed by atoms with Gasteiger partial charge in [-0.05, 0) is 61.1 Å². The summed E-state index contributed by atoms with van der Waals surface area (Å²) in [5.74, 6) is -0.291. The summed E-state index contributed by atoms with van der Waals surface area (Å²) in [5.41, 5.74) is 1.04. The summed E-state index contributed by atoms with van der Waals surface area (Å²) in [6.45, 7) is 9.25. The molecule has 0 bridgehead atoms. The van der Waals surface area contributed by atoms with Gasteiger partial charge in [-0.1, -0.05) is 18.7 Å². The quantitative estimate of drug-likeness (QED) is 0.607. The lowest BCUT2D eigenvalue weighted by atomic mass is 10.1. The lowest BCUT2D eigenvalue weighted by Gasteiger charge is -2.20. The molecule has 0 radical (unpaired) electrons. The van der Waals surface area contributed by atoms with Crippen molar-refractivity contribution in [2.75, 3.05) is 0 Å². The maximum atomic E-state index is 11.9. The Kier molecular flexibility index (Phi) is 4.13. The van der Waals surface area contributed by atoms with Gasteiger partial charge in [0.15, 0.2) is 0 Å². The largest absolute Gasteiger partial charge is 0.456 e. The van der Waals surface area contributed by atoms with Crippen LogP contribution in [0.15, 0.2) is 24.8 Å². The van der Waals surface area contributed by atoms with Crippen LogP contribution in [-0.4, -0.2) is 11.6 Å². The SMILES string of the molecule is C=Cc1ccc(I)c(C(=O)OC(C)(C)C)c1. The Bertz CT molecular complexity index is 416. The Morgan fingerprint density at radius 1 is 1.44 bits per heavy atom. The number of carbonyl (C=O) groups is 1. The fourth-order valence-corrected chi connectivity index (χ4v) is 1.72. The molecule has 0 fully saturated rings. The van der Waals surface area contributed by atoms with Crippen LogP contribution in [-0.2, 0) is 4.74 Å². The Labute approximate surface area is 110 Å². The molecule has 0 aliphatic rings. The van der Waals surface area contributed by atoms with Crippen molar-refractivity contribution in [3.8, 4) is 0 Å². The molecule has 0 N–H and O–H groups in total. The van der Waals surface area contributed by atoms with Gasteiger partial charge in [-0.15, -0.1) is 0 Å². The summed E-state index contributed by atoms with van der Waals surface area (Å²) in [7, 11) is 0. The van der Waals surface area contributed by atoms with Gasteiger partial charge in [0.1, 0.15) is 5.60 Å². The van der Waals surface area contributed by atoms with E-state index in [1.807, 2.05) is 32.9 Å². The van der Waals surface area contributed by atoms with Gasteiger partial charge in [-0.25, -0.2) is 4.79 Å². The molecule has 0 saturated carbocycles. The highest BCUT2D eigenvalue weighted by atomic mass is 127. The molecule has 1 aromatic carbocycles. The van der Waals surface area contributed by atoms with Crippen LogP contribution in [0.25, 0.3) is 6.08 Å². The van der Waals surface area contributed by atoms with Gasteiger partial charge in [0.05, 0.1) is 5.56 Å². The molecule has 2 nitrogen and oxygen atoms in total. The molecule has 0 saturated heterocycles. The highest BCUT2D eigenvalue weighted by Gasteiger charge is 2.19. The molecule has 1 aromatic rings. The van der Waals surface area contributed by atoms with E-state index in [1.165, 1.54) is 0 Å². The van der Waals surface area contributed by atoms with Crippen molar-refractivity contribution in [1.29, 1.82) is 0 Å². The smallest absolute Gasteiger partial charge is 0.339 e. The zero-order valence-corrected chi connectivity index (χ0v) is 11.9. The van der Waals surface area contributed by atoms with Gasteiger partial charge in [0.2, 0.25) is 0 Å². The normalized spacial score (nSPS) is 11.0. The van der Waals surface area contributed by atoms with Crippen LogP contribution in [0.4, 0.5) is 0 Å². The van der Waals surface area contributed by atoms with E-state index in [0.717, 1.165) is 9.13 Å². The highest BCUT2D eigenvalue weighted by molar-refractivity contribution is 14.1. The van der Waals surface area contributed by atoms with Crippen LogP contribution in [0.5, 0.6) is 0 Å². The third kappa shape index (κ3) is 3.63. The Balaban J connectivity index is 3.03. The first-order chi connectivity index (χ1) is 7.33. The topological polar surface area (TPSA) is 26.3 Å². The Morgan fingerprint density at radius 2 is 2.06 bits per heavy atom. The van der Waals surface area contributed by atoms with E-state index in [2.05, 4.69) is 29.2 Å². The predicted octanol–water partition coefficient (Wildman–Crippen LogP) is 3.89. The second-order valence-electron chi connectivity index (χ2n) is 4.45. The summed E-state index contributed by atoms with van der Waals surface area (Å²) in [5, 5.41) is 0. The molecule has 0 unspecified atom stereocenters. The third-order valence-electron chi connectivity index (χ3n) is 1.84. The summed E-state index contributed by atoms with van der Waals surface area (Å²) < 4.78 is 6.21. The number of rotatable bonds is 2. The number of hydrogen-bond donors (Lipinski definition) is 0. The fraction of sp³-hybridized carbons (Fsp3) is 0.308. The fourth-order valence-electron chi connectivity index (χ4n) is 1.16. The molecule has 3 heteroatoms. The van der Waals surface area contributed by atoms with Crippen LogP contribution < -0.4 is 0 Å². The van der Waals surface area contributed by atoms with Gasteiger partial charge in [-0.3, -0.25) is 0 Å². The van der Waals surface area contributed by atoms with Crippen molar-refractivity contribution in [3.05, 3.63) is 39.5 Å². The summed E-state index contributed by atoms with van der Waals surface area (Å²) in [6, 6.07) is 5.60. The van der Waals surface area contributed by atoms with Crippen molar-refractivity contribution >= 4 is 34.6 Å². The molecule has 0 aliphatic carbocycles. The van der Waals surface area contributed by atoms with E-state index < -0.39 is 5.60 Å². The number of benzene rings is 1. The molecule has 0 atom stereocenters. The zero-order valence-electron chi connectivity index (χ0n) is 9.71. The van der Waals surface area contributed by atoms with E-state index in [1.54, 1.807) is 12.1 Å². The number of hydrogen-bond acceptors (Lipinski definition) is 2. The van der Waals surface area contributed by atoms with Crippen molar-refractivity contribution in [1.82, 2.24) is 0 Å². The third-order valence-corrected chi connectivity index (χ3v) is 2.79. The average molecular weight is 330 g/mol. The van der Waals surface area contributed by atoms with Crippen LogP contribution in [0, 0.1) is 3.57 Å².